The van der Waals surface area contributed by atoms with Crippen LogP contribution in [-0.4, -0.2) is 29.7 Å². The highest BCUT2D eigenvalue weighted by atomic mass is 19.1. The zero-order valence-electron chi connectivity index (χ0n) is 10.1. The molecule has 2 heterocycles. The Hall–Kier alpha value is -0.110. The second-order valence-electron chi connectivity index (χ2n) is 6.65. The first-order valence-corrected chi connectivity index (χ1v) is 6.35. The fraction of sp³-hybridized carbons (Fsp3) is 1.00. The minimum atomic E-state index is -0.498. The van der Waals surface area contributed by atoms with Gasteiger partial charge in [-0.05, 0) is 37.6 Å². The molecule has 3 fully saturated rings. The van der Waals surface area contributed by atoms with Crippen LogP contribution in [0.4, 0.5) is 4.39 Å². The van der Waals surface area contributed by atoms with Crippen LogP contribution < -0.4 is 0 Å². The van der Waals surface area contributed by atoms with Crippen molar-refractivity contribution >= 4 is 0 Å². The maximum absolute atomic E-state index is 13.5. The Balaban J connectivity index is 1.95. The van der Waals surface area contributed by atoms with Gasteiger partial charge in [-0.3, -0.25) is 4.90 Å². The van der Waals surface area contributed by atoms with Crippen molar-refractivity contribution < 1.29 is 4.39 Å². The topological polar surface area (TPSA) is 3.24 Å². The molecule has 2 saturated heterocycles. The molecule has 2 aliphatic heterocycles. The molecule has 0 N–H and O–H groups in total. The van der Waals surface area contributed by atoms with E-state index in [-0.39, 0.29) is 5.41 Å². The predicted molar refractivity (Wildman–Crippen MR) is 59.6 cm³/mol. The van der Waals surface area contributed by atoms with Gasteiger partial charge in [0.1, 0.15) is 6.17 Å². The lowest BCUT2D eigenvalue weighted by molar-refractivity contribution is 0.0888. The number of alkyl halides is 1. The maximum Gasteiger partial charge on any atom is 0.108 e. The summed E-state index contributed by atoms with van der Waals surface area (Å²) in [5.41, 5.74) is 0.773. The fourth-order valence-corrected chi connectivity index (χ4v) is 4.36. The van der Waals surface area contributed by atoms with Gasteiger partial charge in [-0.25, -0.2) is 4.39 Å². The normalized spacial score (nSPS) is 52.4. The van der Waals surface area contributed by atoms with Crippen LogP contribution in [-0.2, 0) is 0 Å². The van der Waals surface area contributed by atoms with Crippen LogP contribution in [0.2, 0.25) is 0 Å². The quantitative estimate of drug-likeness (QED) is 0.644. The van der Waals surface area contributed by atoms with E-state index in [1.54, 1.807) is 0 Å². The Labute approximate surface area is 92.0 Å². The van der Waals surface area contributed by atoms with E-state index in [0.717, 1.165) is 19.4 Å². The second kappa shape index (κ2) is 2.58. The van der Waals surface area contributed by atoms with Gasteiger partial charge in [-0.2, -0.15) is 0 Å². The molecule has 86 valence electrons. The summed E-state index contributed by atoms with van der Waals surface area (Å²) in [5.74, 6) is 0. The minimum absolute atomic E-state index is 0.0771. The minimum Gasteiger partial charge on any atom is -0.296 e. The van der Waals surface area contributed by atoms with Gasteiger partial charge in [0, 0.05) is 17.5 Å². The van der Waals surface area contributed by atoms with E-state index in [1.807, 2.05) is 0 Å². The Morgan fingerprint density at radius 3 is 2.53 bits per heavy atom. The molecule has 1 saturated carbocycles. The number of fused-ring (bicyclic) bond motifs is 1. The van der Waals surface area contributed by atoms with Crippen molar-refractivity contribution in [3.63, 3.8) is 0 Å². The summed E-state index contributed by atoms with van der Waals surface area (Å²) < 4.78 is 13.5. The molecule has 2 heteroatoms. The van der Waals surface area contributed by atoms with Crippen molar-refractivity contribution in [3.8, 4) is 0 Å². The largest absolute Gasteiger partial charge is 0.296 e. The van der Waals surface area contributed by atoms with E-state index in [4.69, 9.17) is 0 Å². The van der Waals surface area contributed by atoms with Crippen LogP contribution in [0, 0.1) is 10.8 Å². The van der Waals surface area contributed by atoms with Crippen molar-refractivity contribution in [1.29, 1.82) is 0 Å². The van der Waals surface area contributed by atoms with Crippen molar-refractivity contribution in [3.05, 3.63) is 0 Å². The van der Waals surface area contributed by atoms with Crippen LogP contribution in [0.5, 0.6) is 0 Å². The third-order valence-corrected chi connectivity index (χ3v) is 5.70. The van der Waals surface area contributed by atoms with E-state index in [1.165, 1.54) is 19.4 Å². The zero-order chi connectivity index (χ0) is 10.9. The molecule has 0 aromatic rings. The molecule has 0 radical (unpaired) electrons. The average Bonchev–Trinajstić information content (AvgIpc) is 2.55. The smallest absolute Gasteiger partial charge is 0.108 e. The first-order chi connectivity index (χ1) is 6.96. The van der Waals surface area contributed by atoms with Gasteiger partial charge in [0.15, 0.2) is 0 Å². The van der Waals surface area contributed by atoms with E-state index in [9.17, 15) is 4.39 Å². The summed E-state index contributed by atoms with van der Waals surface area (Å²) in [6.07, 6.45) is 3.93. The number of halogens is 1. The summed E-state index contributed by atoms with van der Waals surface area (Å²) >= 11 is 0. The lowest BCUT2D eigenvalue weighted by atomic mass is 9.68. The molecule has 1 spiro atoms. The molecule has 15 heavy (non-hydrogen) atoms. The molecule has 1 aliphatic carbocycles. The predicted octanol–water partition coefficient (Wildman–Crippen LogP) is 3.00. The van der Waals surface area contributed by atoms with Crippen LogP contribution >= 0.6 is 0 Å². The van der Waals surface area contributed by atoms with Gasteiger partial charge >= 0.3 is 0 Å². The van der Waals surface area contributed by atoms with Crippen LogP contribution in [0.25, 0.3) is 0 Å². The fourth-order valence-electron chi connectivity index (χ4n) is 4.36. The van der Waals surface area contributed by atoms with Gasteiger partial charge in [-0.1, -0.05) is 20.8 Å². The SMILES string of the molecule is CC[C@]12C[C@@]3(C[C@H]3F)CN1CCC2(C)C. The van der Waals surface area contributed by atoms with Crippen LogP contribution in [0.1, 0.15) is 46.5 Å². The van der Waals surface area contributed by atoms with E-state index in [0.29, 0.717) is 11.0 Å². The van der Waals surface area contributed by atoms with Gasteiger partial charge in [0.25, 0.3) is 0 Å². The average molecular weight is 211 g/mol. The highest BCUT2D eigenvalue weighted by Gasteiger charge is 2.69. The van der Waals surface area contributed by atoms with Crippen molar-refractivity contribution in [2.24, 2.45) is 10.8 Å². The van der Waals surface area contributed by atoms with E-state index < -0.39 is 6.17 Å². The van der Waals surface area contributed by atoms with Gasteiger partial charge in [0.2, 0.25) is 0 Å². The molecule has 3 rings (SSSR count). The molecule has 0 aromatic heterocycles. The van der Waals surface area contributed by atoms with Crippen molar-refractivity contribution in [2.45, 2.75) is 58.2 Å². The Morgan fingerprint density at radius 1 is 1.40 bits per heavy atom. The third kappa shape index (κ3) is 1.02. The molecule has 0 bridgehead atoms. The first-order valence-electron chi connectivity index (χ1n) is 6.35. The zero-order valence-corrected chi connectivity index (χ0v) is 10.1. The number of hydrogen-bond acceptors (Lipinski definition) is 1. The lowest BCUT2D eigenvalue weighted by Crippen LogP contribution is -2.46. The van der Waals surface area contributed by atoms with Crippen molar-refractivity contribution in [1.82, 2.24) is 4.90 Å². The molecule has 3 aliphatic rings. The molecule has 0 unspecified atom stereocenters. The summed E-state index contributed by atoms with van der Waals surface area (Å²) in [4.78, 5) is 2.60. The molecular formula is C13H22FN. The Bertz CT molecular complexity index is 301. The number of rotatable bonds is 1. The highest BCUT2D eigenvalue weighted by molar-refractivity contribution is 5.22. The third-order valence-electron chi connectivity index (χ3n) is 5.70. The molecule has 0 amide bonds. The first kappa shape index (κ1) is 10.1. The summed E-state index contributed by atoms with van der Waals surface area (Å²) in [7, 11) is 0. The van der Waals surface area contributed by atoms with Gasteiger partial charge in [-0.15, -0.1) is 0 Å². The number of hydrogen-bond donors (Lipinski definition) is 0. The molecule has 1 nitrogen and oxygen atoms in total. The summed E-state index contributed by atoms with van der Waals surface area (Å²) in [5, 5.41) is 0. The second-order valence-corrected chi connectivity index (χ2v) is 6.65. The van der Waals surface area contributed by atoms with Gasteiger partial charge < -0.3 is 0 Å². The highest BCUT2D eigenvalue weighted by Crippen LogP contribution is 2.66. The van der Waals surface area contributed by atoms with Gasteiger partial charge in [0.05, 0.1) is 0 Å². The molecule has 3 atom stereocenters. The maximum atomic E-state index is 13.5. The monoisotopic (exact) mass is 211 g/mol. The lowest BCUT2D eigenvalue weighted by Gasteiger charge is -2.42. The molecular weight excluding hydrogens is 189 g/mol. The standard InChI is InChI=1S/C13H22FN/c1-4-13-8-12(7-10(12)14)9-15(13)6-5-11(13,2)3/h10H,4-9H2,1-3H3/t10-,12+,13-/m1/s1. The van der Waals surface area contributed by atoms with E-state index in [2.05, 4.69) is 25.7 Å². The number of nitrogens with zero attached hydrogens (tertiary/aromatic N) is 1. The van der Waals surface area contributed by atoms with Crippen LogP contribution in [0.3, 0.4) is 0 Å². The summed E-state index contributed by atoms with van der Waals surface area (Å²) in [6, 6.07) is 0. The van der Waals surface area contributed by atoms with Crippen molar-refractivity contribution in [2.75, 3.05) is 13.1 Å². The Kier molecular flexibility index (Phi) is 1.73. The summed E-state index contributed by atoms with van der Waals surface area (Å²) in [6.45, 7) is 9.27. The Morgan fingerprint density at radius 2 is 2.07 bits per heavy atom. The van der Waals surface area contributed by atoms with E-state index >= 15 is 0 Å². The molecule has 0 aromatic carbocycles. The van der Waals surface area contributed by atoms with Crippen LogP contribution in [0.15, 0.2) is 0 Å².